The zero-order valence-corrected chi connectivity index (χ0v) is 18.6. The van der Waals surface area contributed by atoms with Gasteiger partial charge in [-0.15, -0.1) is 0 Å². The average Bonchev–Trinajstić information content (AvgIpc) is 2.75. The highest BCUT2D eigenvalue weighted by atomic mass is 16.5. The second-order valence-electron chi connectivity index (χ2n) is 7.96. The van der Waals surface area contributed by atoms with Crippen LogP contribution in [0.15, 0.2) is 48.5 Å². The van der Waals surface area contributed by atoms with Crippen LogP contribution >= 0.6 is 0 Å². The number of esters is 1. The fourth-order valence-electron chi connectivity index (χ4n) is 2.74. The van der Waals surface area contributed by atoms with Gasteiger partial charge in [0.2, 0.25) is 0 Å². The standard InChI is InChI=1S/C25H34O4/c1-7-24(5,8-2)23(26)28-21-13-11-19(12-14-21)27-20-15-17-22(18-16-20)29-25(6,9-3)10-4/h11-18H,7-10H2,1-6H3. The van der Waals surface area contributed by atoms with Crippen LogP contribution in [0, 0.1) is 5.41 Å². The van der Waals surface area contributed by atoms with E-state index in [2.05, 4.69) is 20.8 Å². The topological polar surface area (TPSA) is 44.8 Å². The van der Waals surface area contributed by atoms with Crippen LogP contribution in [0.1, 0.15) is 67.2 Å². The molecule has 2 rings (SSSR count). The minimum Gasteiger partial charge on any atom is -0.488 e. The lowest BCUT2D eigenvalue weighted by molar-refractivity contribution is -0.145. The van der Waals surface area contributed by atoms with Gasteiger partial charge in [-0.2, -0.15) is 0 Å². The van der Waals surface area contributed by atoms with Gasteiger partial charge in [0, 0.05) is 0 Å². The van der Waals surface area contributed by atoms with E-state index in [0.717, 1.165) is 37.2 Å². The molecule has 0 spiro atoms. The van der Waals surface area contributed by atoms with Crippen molar-refractivity contribution >= 4 is 5.97 Å². The van der Waals surface area contributed by atoms with Crippen LogP contribution in [-0.4, -0.2) is 11.6 Å². The number of hydrogen-bond donors (Lipinski definition) is 0. The number of carbonyl (C=O) groups is 1. The Morgan fingerprint density at radius 2 is 1.10 bits per heavy atom. The second kappa shape index (κ2) is 9.82. The summed E-state index contributed by atoms with van der Waals surface area (Å²) >= 11 is 0. The molecule has 2 aromatic rings. The van der Waals surface area contributed by atoms with E-state index in [1.807, 2.05) is 45.0 Å². The molecule has 0 bridgehead atoms. The molecule has 0 aliphatic carbocycles. The summed E-state index contributed by atoms with van der Waals surface area (Å²) in [4.78, 5) is 12.4. The van der Waals surface area contributed by atoms with Crippen molar-refractivity contribution in [1.82, 2.24) is 0 Å². The normalized spacial score (nSPS) is 11.8. The van der Waals surface area contributed by atoms with E-state index in [0.29, 0.717) is 11.5 Å². The quantitative estimate of drug-likeness (QED) is 0.314. The number of benzene rings is 2. The molecule has 0 heterocycles. The van der Waals surface area contributed by atoms with E-state index in [4.69, 9.17) is 14.2 Å². The zero-order chi connectivity index (χ0) is 21.5. The van der Waals surface area contributed by atoms with Gasteiger partial charge in [-0.25, -0.2) is 0 Å². The number of hydrogen-bond acceptors (Lipinski definition) is 4. The number of rotatable bonds is 10. The molecular weight excluding hydrogens is 364 g/mol. The first-order valence-corrected chi connectivity index (χ1v) is 10.6. The molecule has 0 saturated carbocycles. The van der Waals surface area contributed by atoms with Gasteiger partial charge in [-0.3, -0.25) is 4.79 Å². The first kappa shape index (κ1) is 22.8. The summed E-state index contributed by atoms with van der Waals surface area (Å²) in [5.41, 5.74) is -0.605. The Morgan fingerprint density at radius 1 is 0.690 bits per heavy atom. The molecule has 0 aromatic heterocycles. The van der Waals surface area contributed by atoms with E-state index >= 15 is 0 Å². The average molecular weight is 399 g/mol. The third kappa shape index (κ3) is 5.99. The summed E-state index contributed by atoms with van der Waals surface area (Å²) in [5.74, 6) is 2.57. The van der Waals surface area contributed by atoms with Crippen LogP contribution in [0.25, 0.3) is 0 Å². The van der Waals surface area contributed by atoms with Crippen LogP contribution in [0.3, 0.4) is 0 Å². The molecule has 0 fully saturated rings. The minimum atomic E-state index is -0.454. The lowest BCUT2D eigenvalue weighted by Crippen LogP contribution is -2.30. The molecule has 0 amide bonds. The van der Waals surface area contributed by atoms with E-state index in [-0.39, 0.29) is 11.6 Å². The SMILES string of the molecule is CCC(C)(CC)Oc1ccc(Oc2ccc(OC(=O)C(C)(CC)CC)cc2)cc1. The van der Waals surface area contributed by atoms with Crippen molar-refractivity contribution in [3.8, 4) is 23.0 Å². The third-order valence-corrected chi connectivity index (χ3v) is 6.01. The van der Waals surface area contributed by atoms with Crippen molar-refractivity contribution < 1.29 is 19.0 Å². The summed E-state index contributed by atoms with van der Waals surface area (Å²) in [6.07, 6.45) is 3.40. The van der Waals surface area contributed by atoms with Crippen LogP contribution in [0.4, 0.5) is 0 Å². The summed E-state index contributed by atoms with van der Waals surface area (Å²) in [6, 6.07) is 14.7. The molecular formula is C25H34O4. The van der Waals surface area contributed by atoms with Crippen molar-refractivity contribution in [2.75, 3.05) is 0 Å². The molecule has 0 aliphatic rings. The molecule has 29 heavy (non-hydrogen) atoms. The van der Waals surface area contributed by atoms with Crippen LogP contribution < -0.4 is 14.2 Å². The molecule has 158 valence electrons. The lowest BCUT2D eigenvalue weighted by Gasteiger charge is -2.28. The molecule has 0 saturated heterocycles. The largest absolute Gasteiger partial charge is 0.488 e. The fraction of sp³-hybridized carbons (Fsp3) is 0.480. The Bertz CT molecular complexity index is 769. The second-order valence-corrected chi connectivity index (χ2v) is 7.96. The number of ether oxygens (including phenoxy) is 3. The Balaban J connectivity index is 1.98. The van der Waals surface area contributed by atoms with Crippen LogP contribution in [0.5, 0.6) is 23.0 Å². The summed E-state index contributed by atoms with van der Waals surface area (Å²) in [6.45, 7) is 12.3. The van der Waals surface area contributed by atoms with Gasteiger partial charge in [-0.05, 0) is 88.1 Å². The summed E-state index contributed by atoms with van der Waals surface area (Å²) in [5, 5.41) is 0. The highest BCUT2D eigenvalue weighted by molar-refractivity contribution is 5.78. The van der Waals surface area contributed by atoms with Gasteiger partial charge >= 0.3 is 5.97 Å². The maximum absolute atomic E-state index is 12.4. The van der Waals surface area contributed by atoms with Crippen molar-refractivity contribution in [2.45, 2.75) is 72.8 Å². The molecule has 4 heteroatoms. The van der Waals surface area contributed by atoms with Gasteiger partial charge < -0.3 is 14.2 Å². The van der Waals surface area contributed by atoms with Gasteiger partial charge in [0.05, 0.1) is 5.41 Å². The third-order valence-electron chi connectivity index (χ3n) is 6.01. The van der Waals surface area contributed by atoms with E-state index in [9.17, 15) is 4.79 Å². The molecule has 0 N–H and O–H groups in total. The van der Waals surface area contributed by atoms with Crippen LogP contribution in [0.2, 0.25) is 0 Å². The summed E-state index contributed by atoms with van der Waals surface area (Å²) in [7, 11) is 0. The van der Waals surface area contributed by atoms with Gasteiger partial charge in [-0.1, -0.05) is 27.7 Å². The van der Waals surface area contributed by atoms with Crippen molar-refractivity contribution in [2.24, 2.45) is 5.41 Å². The maximum atomic E-state index is 12.4. The molecule has 4 nitrogen and oxygen atoms in total. The van der Waals surface area contributed by atoms with E-state index < -0.39 is 5.41 Å². The van der Waals surface area contributed by atoms with Crippen LogP contribution in [-0.2, 0) is 4.79 Å². The minimum absolute atomic E-state index is 0.152. The Labute approximate surface area is 175 Å². The zero-order valence-electron chi connectivity index (χ0n) is 18.6. The monoisotopic (exact) mass is 398 g/mol. The predicted molar refractivity (Wildman–Crippen MR) is 117 cm³/mol. The Hall–Kier alpha value is -2.49. The summed E-state index contributed by atoms with van der Waals surface area (Å²) < 4.78 is 17.5. The highest BCUT2D eigenvalue weighted by Crippen LogP contribution is 2.31. The number of carbonyl (C=O) groups excluding carboxylic acids is 1. The van der Waals surface area contributed by atoms with E-state index in [1.165, 1.54) is 0 Å². The first-order valence-electron chi connectivity index (χ1n) is 10.6. The molecule has 0 unspecified atom stereocenters. The predicted octanol–water partition coefficient (Wildman–Crippen LogP) is 7.17. The molecule has 0 radical (unpaired) electrons. The first-order chi connectivity index (χ1) is 13.8. The van der Waals surface area contributed by atoms with Crippen molar-refractivity contribution in [3.63, 3.8) is 0 Å². The lowest BCUT2D eigenvalue weighted by atomic mass is 9.85. The van der Waals surface area contributed by atoms with Crippen molar-refractivity contribution in [1.29, 1.82) is 0 Å². The van der Waals surface area contributed by atoms with Gasteiger partial charge in [0.1, 0.15) is 28.6 Å². The van der Waals surface area contributed by atoms with Crippen molar-refractivity contribution in [3.05, 3.63) is 48.5 Å². The molecule has 0 aliphatic heterocycles. The highest BCUT2D eigenvalue weighted by Gasteiger charge is 2.31. The Morgan fingerprint density at radius 3 is 1.52 bits per heavy atom. The van der Waals surface area contributed by atoms with Gasteiger partial charge in [0.25, 0.3) is 0 Å². The van der Waals surface area contributed by atoms with Gasteiger partial charge in [0.15, 0.2) is 0 Å². The molecule has 0 atom stereocenters. The maximum Gasteiger partial charge on any atom is 0.317 e. The fourth-order valence-corrected chi connectivity index (χ4v) is 2.74. The Kier molecular flexibility index (Phi) is 7.72. The molecule has 2 aromatic carbocycles. The van der Waals surface area contributed by atoms with E-state index in [1.54, 1.807) is 24.3 Å². The smallest absolute Gasteiger partial charge is 0.317 e.